The Balaban J connectivity index is 2.33. The summed E-state index contributed by atoms with van der Waals surface area (Å²) in [5.41, 5.74) is 7.62. The number of nitrogen functional groups attached to an aromatic ring is 1. The maximum atomic E-state index is 5.73. The number of benzene rings is 1. The zero-order chi connectivity index (χ0) is 11.1. The summed E-state index contributed by atoms with van der Waals surface area (Å²) in [6.07, 6.45) is 3.80. The maximum Gasteiger partial charge on any atom is 0.0796 e. The summed E-state index contributed by atoms with van der Waals surface area (Å²) in [5.74, 6) is 0. The average Bonchev–Trinajstić information content (AvgIpc) is 2.25. The van der Waals surface area contributed by atoms with Gasteiger partial charge in [0.2, 0.25) is 0 Å². The number of hydrogen-bond donors (Lipinski definition) is 1. The molecule has 0 saturated carbocycles. The first kappa shape index (κ1) is 12.1. The predicted molar refractivity (Wildman–Crippen MR) is 64.7 cm³/mol. The van der Waals surface area contributed by atoms with Gasteiger partial charge in [-0.1, -0.05) is 31.9 Å². The lowest BCUT2D eigenvalue weighted by Crippen LogP contribution is -2.01. The van der Waals surface area contributed by atoms with Crippen LogP contribution < -0.4 is 5.73 Å². The van der Waals surface area contributed by atoms with E-state index >= 15 is 0 Å². The summed E-state index contributed by atoms with van der Waals surface area (Å²) in [4.78, 5) is 0. The third kappa shape index (κ3) is 4.34. The average molecular weight is 207 g/mol. The van der Waals surface area contributed by atoms with Crippen molar-refractivity contribution in [3.05, 3.63) is 29.8 Å². The van der Waals surface area contributed by atoms with Gasteiger partial charge in [0.25, 0.3) is 0 Å². The molecule has 2 N–H and O–H groups in total. The van der Waals surface area contributed by atoms with E-state index in [1.165, 1.54) is 18.4 Å². The number of anilines is 1. The molecule has 0 saturated heterocycles. The number of unbranched alkanes of at least 4 members (excludes halogenated alkanes) is 2. The smallest absolute Gasteiger partial charge is 0.0796 e. The molecule has 15 heavy (non-hydrogen) atoms. The molecule has 1 unspecified atom stereocenters. The Morgan fingerprint density at radius 2 is 1.87 bits per heavy atom. The summed E-state index contributed by atoms with van der Waals surface area (Å²) >= 11 is 0. The lowest BCUT2D eigenvalue weighted by molar-refractivity contribution is 0.0630. The van der Waals surface area contributed by atoms with Crippen molar-refractivity contribution in [2.24, 2.45) is 0 Å². The molecule has 0 heterocycles. The molecule has 0 radical (unpaired) electrons. The van der Waals surface area contributed by atoms with Crippen LogP contribution in [0.5, 0.6) is 0 Å². The van der Waals surface area contributed by atoms with Crippen molar-refractivity contribution in [1.82, 2.24) is 0 Å². The molecule has 0 aliphatic heterocycles. The minimum Gasteiger partial charge on any atom is -0.399 e. The van der Waals surface area contributed by atoms with Gasteiger partial charge in [0.05, 0.1) is 6.10 Å². The van der Waals surface area contributed by atoms with Gasteiger partial charge in [-0.3, -0.25) is 0 Å². The summed E-state index contributed by atoms with van der Waals surface area (Å²) in [6, 6.07) is 7.89. The predicted octanol–water partition coefficient (Wildman–Crippen LogP) is 3.54. The molecule has 2 heteroatoms. The van der Waals surface area contributed by atoms with Crippen LogP contribution in [-0.2, 0) is 4.74 Å². The van der Waals surface area contributed by atoms with E-state index < -0.39 is 0 Å². The van der Waals surface area contributed by atoms with Crippen molar-refractivity contribution in [3.63, 3.8) is 0 Å². The zero-order valence-electron chi connectivity index (χ0n) is 9.70. The van der Waals surface area contributed by atoms with Gasteiger partial charge >= 0.3 is 0 Å². The lowest BCUT2D eigenvalue weighted by Gasteiger charge is -2.13. The Morgan fingerprint density at radius 1 is 1.20 bits per heavy atom. The first-order valence-electron chi connectivity index (χ1n) is 5.71. The summed E-state index contributed by atoms with van der Waals surface area (Å²) in [6.45, 7) is 5.13. The number of nitrogens with two attached hydrogens (primary N) is 1. The van der Waals surface area contributed by atoms with Crippen LogP contribution in [0.2, 0.25) is 0 Å². The number of rotatable bonds is 6. The maximum absolute atomic E-state index is 5.73. The molecule has 1 aromatic carbocycles. The van der Waals surface area contributed by atoms with Gasteiger partial charge in [0, 0.05) is 12.3 Å². The molecule has 0 bridgehead atoms. The Bertz CT molecular complexity index is 268. The number of hydrogen-bond acceptors (Lipinski definition) is 2. The van der Waals surface area contributed by atoms with E-state index in [4.69, 9.17) is 10.5 Å². The first-order chi connectivity index (χ1) is 7.24. The van der Waals surface area contributed by atoms with Crippen molar-refractivity contribution in [2.45, 2.75) is 39.2 Å². The topological polar surface area (TPSA) is 35.2 Å². The van der Waals surface area contributed by atoms with E-state index in [-0.39, 0.29) is 6.10 Å². The Kier molecular flexibility index (Phi) is 5.19. The summed E-state index contributed by atoms with van der Waals surface area (Å²) < 4.78 is 5.73. The van der Waals surface area contributed by atoms with Crippen LogP contribution in [0.15, 0.2) is 24.3 Å². The van der Waals surface area contributed by atoms with Crippen LogP contribution >= 0.6 is 0 Å². The minimum atomic E-state index is 0.169. The zero-order valence-corrected chi connectivity index (χ0v) is 9.70. The van der Waals surface area contributed by atoms with Crippen molar-refractivity contribution in [2.75, 3.05) is 12.3 Å². The molecule has 0 spiro atoms. The van der Waals surface area contributed by atoms with Crippen molar-refractivity contribution in [3.8, 4) is 0 Å². The lowest BCUT2D eigenvalue weighted by atomic mass is 10.1. The minimum absolute atomic E-state index is 0.169. The Labute approximate surface area is 92.4 Å². The van der Waals surface area contributed by atoms with Crippen LogP contribution in [0, 0.1) is 0 Å². The fourth-order valence-electron chi connectivity index (χ4n) is 1.48. The molecule has 1 aromatic rings. The van der Waals surface area contributed by atoms with Gasteiger partial charge in [0.1, 0.15) is 0 Å². The molecule has 0 aliphatic rings. The van der Waals surface area contributed by atoms with Gasteiger partial charge in [-0.15, -0.1) is 0 Å². The van der Waals surface area contributed by atoms with E-state index in [0.717, 1.165) is 18.7 Å². The second-order valence-electron chi connectivity index (χ2n) is 3.89. The van der Waals surface area contributed by atoms with Crippen LogP contribution in [0.25, 0.3) is 0 Å². The van der Waals surface area contributed by atoms with Gasteiger partial charge in [0.15, 0.2) is 0 Å². The fourth-order valence-corrected chi connectivity index (χ4v) is 1.48. The first-order valence-corrected chi connectivity index (χ1v) is 5.71. The van der Waals surface area contributed by atoms with Crippen molar-refractivity contribution >= 4 is 5.69 Å². The third-order valence-electron chi connectivity index (χ3n) is 2.52. The van der Waals surface area contributed by atoms with Crippen LogP contribution in [-0.4, -0.2) is 6.61 Å². The highest BCUT2D eigenvalue weighted by atomic mass is 16.5. The molecule has 0 amide bonds. The van der Waals surface area contributed by atoms with E-state index in [2.05, 4.69) is 13.8 Å². The molecule has 2 nitrogen and oxygen atoms in total. The van der Waals surface area contributed by atoms with Gasteiger partial charge in [-0.2, -0.15) is 0 Å². The van der Waals surface area contributed by atoms with E-state index in [0.29, 0.717) is 0 Å². The second kappa shape index (κ2) is 6.46. The van der Waals surface area contributed by atoms with E-state index in [9.17, 15) is 0 Å². The molecular weight excluding hydrogens is 186 g/mol. The molecule has 1 atom stereocenters. The SMILES string of the molecule is CCCCCOC(C)c1ccc(N)cc1. The van der Waals surface area contributed by atoms with E-state index in [1.54, 1.807) is 0 Å². The molecular formula is C13H21NO. The van der Waals surface area contributed by atoms with Gasteiger partial charge < -0.3 is 10.5 Å². The fraction of sp³-hybridized carbons (Fsp3) is 0.538. The summed E-state index contributed by atoms with van der Waals surface area (Å²) in [5, 5.41) is 0. The van der Waals surface area contributed by atoms with Gasteiger partial charge in [-0.05, 0) is 31.0 Å². The summed E-state index contributed by atoms with van der Waals surface area (Å²) in [7, 11) is 0. The highest BCUT2D eigenvalue weighted by Gasteiger charge is 2.04. The van der Waals surface area contributed by atoms with E-state index in [1.807, 2.05) is 24.3 Å². The molecule has 84 valence electrons. The molecule has 0 aromatic heterocycles. The Morgan fingerprint density at radius 3 is 2.47 bits per heavy atom. The van der Waals surface area contributed by atoms with Crippen LogP contribution in [0.1, 0.15) is 44.8 Å². The van der Waals surface area contributed by atoms with Crippen LogP contribution in [0.3, 0.4) is 0 Å². The highest BCUT2D eigenvalue weighted by Crippen LogP contribution is 2.18. The highest BCUT2D eigenvalue weighted by molar-refractivity contribution is 5.39. The van der Waals surface area contributed by atoms with Crippen molar-refractivity contribution < 1.29 is 4.74 Å². The molecule has 1 rings (SSSR count). The van der Waals surface area contributed by atoms with Crippen LogP contribution in [0.4, 0.5) is 5.69 Å². The quantitative estimate of drug-likeness (QED) is 0.572. The van der Waals surface area contributed by atoms with Crippen molar-refractivity contribution in [1.29, 1.82) is 0 Å². The normalized spacial score (nSPS) is 12.7. The standard InChI is InChI=1S/C13H21NO/c1-3-4-5-10-15-11(2)12-6-8-13(14)9-7-12/h6-9,11H,3-5,10,14H2,1-2H3. The Hall–Kier alpha value is -1.02. The largest absolute Gasteiger partial charge is 0.399 e. The van der Waals surface area contributed by atoms with Gasteiger partial charge in [-0.25, -0.2) is 0 Å². The molecule has 0 fully saturated rings. The number of ether oxygens (including phenoxy) is 1. The molecule has 0 aliphatic carbocycles. The second-order valence-corrected chi connectivity index (χ2v) is 3.89. The third-order valence-corrected chi connectivity index (χ3v) is 2.52. The monoisotopic (exact) mass is 207 g/mol.